The van der Waals surface area contributed by atoms with Gasteiger partial charge in [-0.3, -0.25) is 0 Å². The predicted molar refractivity (Wildman–Crippen MR) is 277 cm³/mol. The van der Waals surface area contributed by atoms with Crippen LogP contribution in [0.5, 0.6) is 0 Å². The van der Waals surface area contributed by atoms with Gasteiger partial charge in [-0.25, -0.2) is 0 Å². The van der Waals surface area contributed by atoms with Crippen LogP contribution in [-0.2, 0) is 0 Å². The number of aryl methyl sites for hydroxylation is 2. The fourth-order valence-electron chi connectivity index (χ4n) is 8.27. The monoisotopic (exact) mass is 818 g/mol. The maximum atomic E-state index is 2.31. The van der Waals surface area contributed by atoms with Crippen molar-refractivity contribution in [3.63, 3.8) is 0 Å². The van der Waals surface area contributed by atoms with E-state index in [1.54, 1.807) is 0 Å². The molecule has 64 heavy (non-hydrogen) atoms. The van der Waals surface area contributed by atoms with Crippen molar-refractivity contribution in [1.29, 1.82) is 0 Å². The minimum Gasteiger partial charge on any atom is -0.0622 e. The van der Waals surface area contributed by atoms with Crippen LogP contribution < -0.4 is 0 Å². The van der Waals surface area contributed by atoms with Crippen LogP contribution in [0.3, 0.4) is 0 Å². The van der Waals surface area contributed by atoms with E-state index in [1.807, 2.05) is 0 Å². The zero-order chi connectivity index (χ0) is 43.5. The van der Waals surface area contributed by atoms with E-state index in [1.165, 1.54) is 72.3 Å². The van der Waals surface area contributed by atoms with Crippen LogP contribution in [0, 0.1) is 13.8 Å². The second-order valence-electron chi connectivity index (χ2n) is 16.3. The summed E-state index contributed by atoms with van der Waals surface area (Å²) in [6.07, 6.45) is 13.5. The van der Waals surface area contributed by atoms with E-state index in [0.717, 1.165) is 27.8 Å². The average Bonchev–Trinajstić information content (AvgIpc) is 3.36. The predicted octanol–water partition coefficient (Wildman–Crippen LogP) is 17.2. The lowest BCUT2D eigenvalue weighted by atomic mass is 9.92. The molecule has 9 aromatic rings. The number of hydrogen-bond acceptors (Lipinski definition) is 0. The maximum absolute atomic E-state index is 2.31. The summed E-state index contributed by atoms with van der Waals surface area (Å²) < 4.78 is 0. The average molecular weight is 819 g/mol. The van der Waals surface area contributed by atoms with Crippen molar-refractivity contribution in [1.82, 2.24) is 0 Å². The lowest BCUT2D eigenvalue weighted by Gasteiger charge is -2.12. The van der Waals surface area contributed by atoms with E-state index < -0.39 is 0 Å². The molecule has 0 fully saturated rings. The zero-order valence-corrected chi connectivity index (χ0v) is 36.4. The molecule has 0 spiro atoms. The minimum atomic E-state index is 1.14. The molecule has 9 aromatic carbocycles. The van der Waals surface area contributed by atoms with Crippen LogP contribution in [0.15, 0.2) is 231 Å². The molecule has 0 atom stereocenters. The molecule has 306 valence electrons. The highest BCUT2D eigenvalue weighted by Crippen LogP contribution is 2.32. The van der Waals surface area contributed by atoms with E-state index in [0.29, 0.717) is 0 Å². The fraction of sp³-hybridized carbons (Fsp3) is 0.0312. The quantitative estimate of drug-likeness (QED) is 0.108. The Labute approximate surface area is 379 Å². The Morgan fingerprint density at radius 2 is 0.641 bits per heavy atom. The molecule has 0 saturated carbocycles. The molecule has 0 heterocycles. The van der Waals surface area contributed by atoms with Gasteiger partial charge in [0.05, 0.1) is 0 Å². The molecule has 0 bridgehead atoms. The van der Waals surface area contributed by atoms with Gasteiger partial charge < -0.3 is 0 Å². The SMILES string of the molecule is Cc1ccccc1C(=Cc1ccc(C=Cc2ccc(-c3ccc(-c4ccccc4)cc3)cc2C=Cc2ccc(C=C(c3ccccc3)c3ccccc3C)cc2)cc1)c1ccccc1. The van der Waals surface area contributed by atoms with Crippen molar-refractivity contribution in [2.24, 2.45) is 0 Å². The molecule has 0 N–H and O–H groups in total. The van der Waals surface area contributed by atoms with E-state index in [4.69, 9.17) is 0 Å². The molecule has 0 aliphatic heterocycles. The van der Waals surface area contributed by atoms with Crippen LogP contribution in [0.25, 0.3) is 69.9 Å². The molecule has 0 aliphatic rings. The Bertz CT molecular complexity index is 3090. The Morgan fingerprint density at radius 1 is 0.281 bits per heavy atom. The molecule has 0 radical (unpaired) electrons. The molecular formula is C64H50. The summed E-state index contributed by atoms with van der Waals surface area (Å²) in [5.41, 5.74) is 21.6. The first-order valence-electron chi connectivity index (χ1n) is 22.1. The summed E-state index contributed by atoms with van der Waals surface area (Å²) in [7, 11) is 0. The van der Waals surface area contributed by atoms with Gasteiger partial charge in [0, 0.05) is 0 Å². The van der Waals surface area contributed by atoms with E-state index in [9.17, 15) is 0 Å². The van der Waals surface area contributed by atoms with E-state index in [-0.39, 0.29) is 0 Å². The fourth-order valence-corrected chi connectivity index (χ4v) is 8.27. The van der Waals surface area contributed by atoms with Crippen LogP contribution in [0.2, 0.25) is 0 Å². The van der Waals surface area contributed by atoms with Gasteiger partial charge in [0.15, 0.2) is 0 Å². The maximum Gasteiger partial charge on any atom is -0.0103 e. The summed E-state index contributed by atoms with van der Waals surface area (Å²) in [4.78, 5) is 0. The van der Waals surface area contributed by atoms with E-state index in [2.05, 4.69) is 281 Å². The van der Waals surface area contributed by atoms with Gasteiger partial charge in [0.2, 0.25) is 0 Å². The van der Waals surface area contributed by atoms with Crippen molar-refractivity contribution in [2.75, 3.05) is 0 Å². The summed E-state index contributed by atoms with van der Waals surface area (Å²) in [6.45, 7) is 4.36. The van der Waals surface area contributed by atoms with Gasteiger partial charge in [0.25, 0.3) is 0 Å². The second kappa shape index (κ2) is 19.8. The molecule has 0 unspecified atom stereocenters. The molecule has 9 rings (SSSR count). The lowest BCUT2D eigenvalue weighted by Crippen LogP contribution is -1.91. The summed E-state index contributed by atoms with van der Waals surface area (Å²) in [5.74, 6) is 0. The van der Waals surface area contributed by atoms with Crippen molar-refractivity contribution >= 4 is 47.6 Å². The minimum absolute atomic E-state index is 1.14. The van der Waals surface area contributed by atoms with Crippen LogP contribution in [0.4, 0.5) is 0 Å². The van der Waals surface area contributed by atoms with Crippen LogP contribution in [0.1, 0.15) is 66.8 Å². The van der Waals surface area contributed by atoms with Crippen molar-refractivity contribution < 1.29 is 0 Å². The molecule has 0 nitrogen and oxygen atoms in total. The third-order valence-corrected chi connectivity index (χ3v) is 11.9. The van der Waals surface area contributed by atoms with Crippen LogP contribution in [-0.4, -0.2) is 0 Å². The normalized spacial score (nSPS) is 12.0. The first kappa shape index (κ1) is 41.3. The highest BCUT2D eigenvalue weighted by Gasteiger charge is 2.10. The first-order chi connectivity index (χ1) is 31.5. The number of benzene rings is 9. The highest BCUT2D eigenvalue weighted by molar-refractivity contribution is 5.94. The van der Waals surface area contributed by atoms with Gasteiger partial charge in [0.1, 0.15) is 0 Å². The Balaban J connectivity index is 1.01. The number of hydrogen-bond donors (Lipinski definition) is 0. The number of rotatable bonds is 12. The smallest absolute Gasteiger partial charge is 0.0103 e. The molecule has 0 amide bonds. The van der Waals surface area contributed by atoms with Gasteiger partial charge in [-0.15, -0.1) is 0 Å². The highest BCUT2D eigenvalue weighted by atomic mass is 14.1. The Morgan fingerprint density at radius 3 is 1.11 bits per heavy atom. The molecule has 0 aliphatic carbocycles. The second-order valence-corrected chi connectivity index (χ2v) is 16.3. The van der Waals surface area contributed by atoms with E-state index >= 15 is 0 Å². The third kappa shape index (κ3) is 10.0. The first-order valence-corrected chi connectivity index (χ1v) is 22.1. The summed E-state index contributed by atoms with van der Waals surface area (Å²) in [6, 6.07) is 82.5. The molecule has 0 heteroatoms. The molecular weight excluding hydrogens is 769 g/mol. The topological polar surface area (TPSA) is 0 Å². The Kier molecular flexibility index (Phi) is 12.8. The largest absolute Gasteiger partial charge is 0.0622 e. The third-order valence-electron chi connectivity index (χ3n) is 11.9. The lowest BCUT2D eigenvalue weighted by molar-refractivity contribution is 1.42. The van der Waals surface area contributed by atoms with Gasteiger partial charge in [-0.05, 0) is 132 Å². The van der Waals surface area contributed by atoms with Gasteiger partial charge >= 0.3 is 0 Å². The van der Waals surface area contributed by atoms with Gasteiger partial charge in [-0.1, -0.05) is 249 Å². The van der Waals surface area contributed by atoms with Crippen molar-refractivity contribution in [3.05, 3.63) is 297 Å². The standard InChI is InChI=1S/C64H50/c1-47-16-12-14-24-61(47)63(57-20-8-4-9-21-57)44-51-30-26-49(27-31-51)34-36-55-42-43-60(56-40-38-54(39-41-56)53-18-6-3-7-19-53)46-59(55)37-35-50-28-32-52(33-29-50)45-64(58-22-10-5-11-23-58)62-25-15-13-17-48(62)2/h3-46H,1-2H3. The Hall–Kier alpha value is -8.06. The van der Waals surface area contributed by atoms with Crippen molar-refractivity contribution in [3.8, 4) is 22.3 Å². The van der Waals surface area contributed by atoms with Crippen LogP contribution >= 0.6 is 0 Å². The van der Waals surface area contributed by atoms with Crippen molar-refractivity contribution in [2.45, 2.75) is 13.8 Å². The zero-order valence-electron chi connectivity index (χ0n) is 36.4. The molecule has 0 saturated heterocycles. The summed E-state index contributed by atoms with van der Waals surface area (Å²) in [5, 5.41) is 0. The van der Waals surface area contributed by atoms with Gasteiger partial charge in [-0.2, -0.15) is 0 Å². The molecule has 0 aromatic heterocycles. The summed E-state index contributed by atoms with van der Waals surface area (Å²) >= 11 is 0.